The van der Waals surface area contributed by atoms with Gasteiger partial charge in [-0.05, 0) is 122 Å². The van der Waals surface area contributed by atoms with Crippen molar-refractivity contribution in [2.45, 2.75) is 132 Å². The zero-order chi connectivity index (χ0) is 40.1. The van der Waals surface area contributed by atoms with Crippen LogP contribution in [-0.4, -0.2) is 81.3 Å². The molecule has 304 valence electrons. The number of fused-ring (bicyclic) bond motifs is 3. The Balaban J connectivity index is 1.42. The van der Waals surface area contributed by atoms with Crippen LogP contribution in [0.5, 0.6) is 0 Å². The van der Waals surface area contributed by atoms with E-state index in [9.17, 15) is 9.90 Å². The predicted molar refractivity (Wildman–Crippen MR) is 217 cm³/mol. The van der Waals surface area contributed by atoms with Gasteiger partial charge >= 0.3 is 5.97 Å². The highest BCUT2D eigenvalue weighted by atomic mass is 16.5. The van der Waals surface area contributed by atoms with E-state index in [-0.39, 0.29) is 45.3 Å². The Morgan fingerprint density at radius 2 is 1.73 bits per heavy atom. The second kappa shape index (κ2) is 13.5. The van der Waals surface area contributed by atoms with Crippen molar-refractivity contribution in [2.75, 3.05) is 33.9 Å². The molecule has 12 atom stereocenters. The van der Waals surface area contributed by atoms with Gasteiger partial charge in [-0.25, -0.2) is 9.67 Å². The monoisotopic (exact) mass is 758 g/mol. The van der Waals surface area contributed by atoms with Crippen LogP contribution in [-0.2, 0) is 14.3 Å². The molecule has 3 heterocycles. The molecule has 4 aliphatic carbocycles. The van der Waals surface area contributed by atoms with Crippen molar-refractivity contribution in [3.05, 3.63) is 42.5 Å². The average Bonchev–Trinajstić information content (AvgIpc) is 3.60. The summed E-state index contributed by atoms with van der Waals surface area (Å²) in [6.45, 7) is 27.5. The first-order valence-electron chi connectivity index (χ1n) is 21.2. The van der Waals surface area contributed by atoms with Gasteiger partial charge in [-0.1, -0.05) is 80.9 Å². The number of allylic oxidation sites excluding steroid dienone is 1. The van der Waals surface area contributed by atoms with Crippen LogP contribution in [0.15, 0.2) is 42.5 Å². The van der Waals surface area contributed by atoms with E-state index in [4.69, 9.17) is 19.6 Å². The first kappa shape index (κ1) is 40.6. The second-order valence-electron chi connectivity index (χ2n) is 21.6. The van der Waals surface area contributed by atoms with Gasteiger partial charge < -0.3 is 19.5 Å². The molecular formula is C46H71N5O4. The van der Waals surface area contributed by atoms with Gasteiger partial charge in [-0.3, -0.25) is 9.78 Å². The molecule has 1 saturated heterocycles. The Kier molecular flexibility index (Phi) is 9.94. The zero-order valence-electron chi connectivity index (χ0n) is 36.3. The number of pyridine rings is 1. The number of aliphatic carboxylic acids is 1. The van der Waals surface area contributed by atoms with Crippen molar-refractivity contribution in [3.63, 3.8) is 0 Å². The van der Waals surface area contributed by atoms with Crippen molar-refractivity contribution in [1.82, 2.24) is 24.6 Å². The number of carbonyl (C=O) groups is 1. The van der Waals surface area contributed by atoms with Crippen molar-refractivity contribution in [3.8, 4) is 11.4 Å². The van der Waals surface area contributed by atoms with Crippen LogP contribution < -0.4 is 0 Å². The molecule has 9 heteroatoms. The normalized spacial score (nSPS) is 40.4. The molecule has 0 radical (unpaired) electrons. The summed E-state index contributed by atoms with van der Waals surface area (Å²) in [4.78, 5) is 25.2. The third-order valence-electron chi connectivity index (χ3n) is 18.0. The highest BCUT2D eigenvalue weighted by Crippen LogP contribution is 2.75. The Hall–Kier alpha value is -2.62. The summed E-state index contributed by atoms with van der Waals surface area (Å²) in [5, 5.41) is 16.3. The van der Waals surface area contributed by atoms with E-state index in [0.29, 0.717) is 37.6 Å². The lowest BCUT2D eigenvalue weighted by molar-refractivity contribution is -0.258. The number of carboxylic acid groups (broad SMARTS) is 1. The van der Waals surface area contributed by atoms with Crippen LogP contribution >= 0.6 is 0 Å². The zero-order valence-corrected chi connectivity index (χ0v) is 36.3. The molecule has 0 unspecified atom stereocenters. The van der Waals surface area contributed by atoms with E-state index in [0.717, 1.165) is 49.9 Å². The largest absolute Gasteiger partial charge is 0.481 e. The van der Waals surface area contributed by atoms with Crippen molar-refractivity contribution < 1.29 is 19.4 Å². The molecule has 0 amide bonds. The number of hydrogen-bond acceptors (Lipinski definition) is 7. The van der Waals surface area contributed by atoms with Crippen molar-refractivity contribution in [2.24, 2.45) is 62.1 Å². The molecule has 55 heavy (non-hydrogen) atoms. The molecule has 2 aromatic heterocycles. The van der Waals surface area contributed by atoms with Gasteiger partial charge in [0.15, 0.2) is 5.82 Å². The molecule has 9 nitrogen and oxygen atoms in total. The number of hydrogen-bond donors (Lipinski definition) is 1. The van der Waals surface area contributed by atoms with Crippen LogP contribution in [0.4, 0.5) is 0 Å². The van der Waals surface area contributed by atoms with E-state index >= 15 is 0 Å². The molecule has 5 aliphatic rings. The maximum Gasteiger partial charge on any atom is 0.307 e. The summed E-state index contributed by atoms with van der Waals surface area (Å²) in [5.74, 6) is 1.08. The van der Waals surface area contributed by atoms with Gasteiger partial charge in [0, 0.05) is 28.9 Å². The summed E-state index contributed by atoms with van der Waals surface area (Å²) in [6, 6.07) is 3.95. The molecule has 0 aromatic carbocycles. The Morgan fingerprint density at radius 3 is 2.35 bits per heavy atom. The van der Waals surface area contributed by atoms with Crippen LogP contribution in [0.25, 0.3) is 11.4 Å². The molecule has 1 N–H and O–H groups in total. The first-order chi connectivity index (χ1) is 25.6. The number of aromatic nitrogens is 4. The highest BCUT2D eigenvalue weighted by Gasteiger charge is 2.73. The maximum atomic E-state index is 13.7. The van der Waals surface area contributed by atoms with Crippen molar-refractivity contribution in [1.29, 1.82) is 0 Å². The minimum Gasteiger partial charge on any atom is -0.481 e. The second-order valence-corrected chi connectivity index (χ2v) is 21.6. The molecule has 7 rings (SSSR count). The number of carboxylic acids is 1. The molecule has 4 fully saturated rings. The summed E-state index contributed by atoms with van der Waals surface area (Å²) in [6.07, 6.45) is 13.4. The van der Waals surface area contributed by atoms with Crippen LogP contribution in [0.1, 0.15) is 121 Å². The third-order valence-corrected chi connectivity index (χ3v) is 18.0. The van der Waals surface area contributed by atoms with E-state index < -0.39 is 22.7 Å². The smallest absolute Gasteiger partial charge is 0.307 e. The van der Waals surface area contributed by atoms with Crippen LogP contribution in [0.3, 0.4) is 0 Å². The summed E-state index contributed by atoms with van der Waals surface area (Å²) < 4.78 is 16.7. The Labute approximate surface area is 331 Å². The van der Waals surface area contributed by atoms with Gasteiger partial charge in [-0.2, -0.15) is 5.10 Å². The Morgan fingerprint density at radius 1 is 1.04 bits per heavy atom. The van der Waals surface area contributed by atoms with Crippen molar-refractivity contribution >= 4 is 5.97 Å². The van der Waals surface area contributed by atoms with E-state index in [1.54, 1.807) is 6.33 Å². The van der Waals surface area contributed by atoms with Gasteiger partial charge in [0.05, 0.1) is 37.9 Å². The number of rotatable bonds is 9. The van der Waals surface area contributed by atoms with E-state index in [2.05, 4.69) is 111 Å². The highest BCUT2D eigenvalue weighted by molar-refractivity contribution is 5.73. The average molecular weight is 758 g/mol. The molecule has 3 saturated carbocycles. The molecule has 2 aromatic rings. The van der Waals surface area contributed by atoms with Gasteiger partial charge in [-0.15, -0.1) is 0 Å². The topological polar surface area (TPSA) is 103 Å². The lowest BCUT2D eigenvalue weighted by Crippen LogP contribution is -2.70. The van der Waals surface area contributed by atoms with E-state index in [1.807, 2.05) is 24.5 Å². The fourth-order valence-electron chi connectivity index (χ4n) is 13.6. The standard InChI is InChI=1S/C46H71N5O4/c1-29(2)30(3)42(8)20-21-43(9)32-14-15-35-41(7)24-34(51-38(48-28-49-51)31-17-22-47-23-18-31)37(55-26-45(11,50(12)13)40(4,5)6)46(35,27-54-25-41)33(32)16-19-44(43,10)36(42)39(52)53/h16-18,22-23,28-30,32,34-37H,14-15,19-21,24-27H2,1-13H3,(H,52,53)/t30-,32+,34-,35-,36-,37+,41-,42-,43-,44+,45+,46+/m1/s1. The summed E-state index contributed by atoms with van der Waals surface area (Å²) in [5.41, 5.74) is 0.761. The lowest BCUT2D eigenvalue weighted by atomic mass is 9.34. The van der Waals surface area contributed by atoms with Crippen LogP contribution in [0.2, 0.25) is 0 Å². The van der Waals surface area contributed by atoms with Gasteiger partial charge in [0.1, 0.15) is 6.33 Å². The molecule has 2 bridgehead atoms. The van der Waals surface area contributed by atoms with Gasteiger partial charge in [0.2, 0.25) is 0 Å². The fraction of sp³-hybridized carbons (Fsp3) is 0.783. The number of ether oxygens (including phenoxy) is 2. The third kappa shape index (κ3) is 5.69. The van der Waals surface area contributed by atoms with Gasteiger partial charge in [0.25, 0.3) is 0 Å². The predicted octanol–water partition coefficient (Wildman–Crippen LogP) is 9.22. The summed E-state index contributed by atoms with van der Waals surface area (Å²) >= 11 is 0. The molecule has 0 spiro atoms. The number of nitrogens with zero attached hydrogens (tertiary/aromatic N) is 5. The minimum absolute atomic E-state index is 0.0625. The Bertz CT molecular complexity index is 1780. The quantitative estimate of drug-likeness (QED) is 0.253. The number of likely N-dealkylation sites (N-methyl/N-ethyl adjacent to an activating group) is 1. The van der Waals surface area contributed by atoms with E-state index in [1.165, 1.54) is 5.57 Å². The fourth-order valence-corrected chi connectivity index (χ4v) is 13.6. The summed E-state index contributed by atoms with van der Waals surface area (Å²) in [7, 11) is 4.34. The molecule has 1 aliphatic heterocycles. The lowest BCUT2D eigenvalue weighted by Gasteiger charge is -2.71. The SMILES string of the molecule is CC(C)[C@@H](C)[C@@]1(C)CC[C@]2(C)[C@H]3CC[C@@H]4[C@@]5(C)COC[C@@]4(C3=CC[C@@]2(C)[C@@H]1C(=O)O)[C@@H](OC[C@](C)(N(C)C)C(C)(C)C)[C@H](n1ncnc1-c1ccncc1)C5. The maximum absolute atomic E-state index is 13.7. The minimum atomic E-state index is -0.625. The first-order valence-corrected chi connectivity index (χ1v) is 21.2. The molecular weight excluding hydrogens is 687 g/mol. The van der Waals surface area contributed by atoms with Crippen LogP contribution in [0, 0.1) is 62.1 Å².